The zero-order valence-corrected chi connectivity index (χ0v) is 13.6. The summed E-state index contributed by atoms with van der Waals surface area (Å²) in [6.07, 6.45) is 2.29. The first-order valence-corrected chi connectivity index (χ1v) is 7.65. The number of nitrogens with one attached hydrogen (secondary N) is 1. The Balaban J connectivity index is 2.16. The van der Waals surface area contributed by atoms with Crippen LogP contribution < -0.4 is 5.32 Å². The molecule has 2 nitrogen and oxygen atoms in total. The van der Waals surface area contributed by atoms with E-state index >= 15 is 0 Å². The van der Waals surface area contributed by atoms with Gasteiger partial charge in [0.2, 0.25) is 0 Å². The van der Waals surface area contributed by atoms with Crippen molar-refractivity contribution in [3.63, 3.8) is 0 Å². The second kappa shape index (κ2) is 8.67. The predicted molar refractivity (Wildman–Crippen MR) is 82.8 cm³/mol. The molecule has 0 bridgehead atoms. The zero-order valence-electron chi connectivity index (χ0n) is 12.0. The second-order valence-corrected chi connectivity index (χ2v) is 6.11. The minimum Gasteiger partial charge on any atom is -0.313 e. The van der Waals surface area contributed by atoms with E-state index in [-0.39, 0.29) is 5.82 Å². The molecule has 4 heteroatoms. The molecule has 0 heterocycles. The maximum atomic E-state index is 13.5. The maximum Gasteiger partial charge on any atom is 0.127 e. The molecule has 0 aliphatic rings. The first-order chi connectivity index (χ1) is 9.00. The van der Waals surface area contributed by atoms with Crippen LogP contribution in [0.15, 0.2) is 22.7 Å². The molecule has 0 fully saturated rings. The third-order valence-corrected chi connectivity index (χ3v) is 3.81. The van der Waals surface area contributed by atoms with E-state index in [2.05, 4.69) is 47.0 Å². The summed E-state index contributed by atoms with van der Waals surface area (Å²) in [4.78, 5) is 2.34. The van der Waals surface area contributed by atoms with Crippen molar-refractivity contribution in [2.45, 2.75) is 39.3 Å². The fourth-order valence-electron chi connectivity index (χ4n) is 1.77. The molecule has 0 aliphatic carbocycles. The van der Waals surface area contributed by atoms with Gasteiger partial charge in [-0.15, -0.1) is 0 Å². The summed E-state index contributed by atoms with van der Waals surface area (Å²) in [6, 6.07) is 5.65. The number of nitrogens with zero attached hydrogens (tertiary/aromatic N) is 1. The van der Waals surface area contributed by atoms with E-state index in [4.69, 9.17) is 0 Å². The van der Waals surface area contributed by atoms with Crippen LogP contribution in [0, 0.1) is 5.82 Å². The maximum absolute atomic E-state index is 13.5. The van der Waals surface area contributed by atoms with Gasteiger partial charge in [0, 0.05) is 22.6 Å². The lowest BCUT2D eigenvalue weighted by atomic mass is 10.2. The summed E-state index contributed by atoms with van der Waals surface area (Å²) in [5.74, 6) is -0.143. The van der Waals surface area contributed by atoms with E-state index in [0.29, 0.717) is 18.2 Å². The van der Waals surface area contributed by atoms with Crippen LogP contribution in [0.3, 0.4) is 0 Å². The van der Waals surface area contributed by atoms with Crippen LogP contribution in [-0.4, -0.2) is 31.1 Å². The van der Waals surface area contributed by atoms with E-state index < -0.39 is 0 Å². The van der Waals surface area contributed by atoms with Crippen LogP contribution in [0.4, 0.5) is 4.39 Å². The Bertz CT molecular complexity index is 382. The molecule has 0 saturated carbocycles. The summed E-state index contributed by atoms with van der Waals surface area (Å²) < 4.78 is 14.4. The Morgan fingerprint density at radius 1 is 1.32 bits per heavy atom. The lowest BCUT2D eigenvalue weighted by Crippen LogP contribution is -2.27. The van der Waals surface area contributed by atoms with Gasteiger partial charge in [0.25, 0.3) is 0 Å². The van der Waals surface area contributed by atoms with Gasteiger partial charge in [-0.3, -0.25) is 0 Å². The molecule has 0 radical (unpaired) electrons. The Kier molecular flexibility index (Phi) is 7.57. The van der Waals surface area contributed by atoms with Gasteiger partial charge >= 0.3 is 0 Å². The average Bonchev–Trinajstić information content (AvgIpc) is 2.37. The largest absolute Gasteiger partial charge is 0.313 e. The molecule has 1 N–H and O–H groups in total. The third kappa shape index (κ3) is 6.50. The summed E-state index contributed by atoms with van der Waals surface area (Å²) >= 11 is 3.36. The predicted octanol–water partition coefficient (Wildman–Crippen LogP) is 3.80. The number of halogens is 2. The number of rotatable bonds is 8. The lowest BCUT2D eigenvalue weighted by molar-refractivity contribution is 0.268. The first kappa shape index (κ1) is 16.6. The zero-order chi connectivity index (χ0) is 14.3. The van der Waals surface area contributed by atoms with Gasteiger partial charge in [-0.25, -0.2) is 4.39 Å². The van der Waals surface area contributed by atoms with E-state index in [0.717, 1.165) is 24.0 Å². The Morgan fingerprint density at radius 2 is 2.05 bits per heavy atom. The van der Waals surface area contributed by atoms with Crippen LogP contribution in [0.5, 0.6) is 0 Å². The van der Waals surface area contributed by atoms with E-state index in [1.54, 1.807) is 6.07 Å². The van der Waals surface area contributed by atoms with Crippen LogP contribution in [0.2, 0.25) is 0 Å². The van der Waals surface area contributed by atoms with Gasteiger partial charge in [0.1, 0.15) is 5.82 Å². The van der Waals surface area contributed by atoms with E-state index in [1.807, 2.05) is 6.07 Å². The Labute approximate surface area is 124 Å². The van der Waals surface area contributed by atoms with Gasteiger partial charge in [-0.2, -0.15) is 0 Å². The summed E-state index contributed by atoms with van der Waals surface area (Å²) in [5.41, 5.74) is 0.716. The molecule has 0 amide bonds. The highest BCUT2D eigenvalue weighted by molar-refractivity contribution is 9.10. The molecule has 0 aliphatic heterocycles. The monoisotopic (exact) mass is 330 g/mol. The van der Waals surface area contributed by atoms with Gasteiger partial charge in [-0.1, -0.05) is 15.9 Å². The quantitative estimate of drug-likeness (QED) is 0.729. The van der Waals surface area contributed by atoms with Crippen LogP contribution >= 0.6 is 15.9 Å². The Hall–Kier alpha value is -0.450. The van der Waals surface area contributed by atoms with Crippen LogP contribution in [0.25, 0.3) is 0 Å². The highest BCUT2D eigenvalue weighted by Crippen LogP contribution is 2.15. The summed E-state index contributed by atoms with van der Waals surface area (Å²) in [6.45, 7) is 7.04. The summed E-state index contributed by atoms with van der Waals surface area (Å²) in [5, 5.41) is 3.29. The van der Waals surface area contributed by atoms with Crippen LogP contribution in [0.1, 0.15) is 32.3 Å². The van der Waals surface area contributed by atoms with Crippen molar-refractivity contribution in [2.75, 3.05) is 20.1 Å². The van der Waals surface area contributed by atoms with Gasteiger partial charge in [-0.05, 0) is 65.0 Å². The third-order valence-electron chi connectivity index (χ3n) is 3.32. The number of unbranched alkanes of at least 4 members (excludes halogenated alkanes) is 1. The van der Waals surface area contributed by atoms with Gasteiger partial charge in [0.05, 0.1) is 0 Å². The standard InChI is InChI=1S/C15H24BrFN2/c1-12(2)19(3)9-5-4-8-18-11-13-10-14(16)6-7-15(13)17/h6-7,10,12,18H,4-5,8-9,11H2,1-3H3. The summed E-state index contributed by atoms with van der Waals surface area (Å²) in [7, 11) is 2.15. The van der Waals surface area contributed by atoms with Crippen molar-refractivity contribution in [1.82, 2.24) is 10.2 Å². The van der Waals surface area contributed by atoms with Crippen molar-refractivity contribution in [3.8, 4) is 0 Å². The second-order valence-electron chi connectivity index (χ2n) is 5.19. The van der Waals surface area contributed by atoms with E-state index in [9.17, 15) is 4.39 Å². The molecule has 0 spiro atoms. The molecule has 19 heavy (non-hydrogen) atoms. The topological polar surface area (TPSA) is 15.3 Å². The van der Waals surface area contributed by atoms with Crippen molar-refractivity contribution in [1.29, 1.82) is 0 Å². The molecule has 0 unspecified atom stereocenters. The number of hydrogen-bond acceptors (Lipinski definition) is 2. The van der Waals surface area contributed by atoms with Crippen molar-refractivity contribution >= 4 is 15.9 Å². The normalized spacial score (nSPS) is 11.5. The van der Waals surface area contributed by atoms with Crippen molar-refractivity contribution < 1.29 is 4.39 Å². The molecule has 108 valence electrons. The molecule has 0 atom stereocenters. The molecule has 1 aromatic rings. The average molecular weight is 331 g/mol. The number of hydrogen-bond donors (Lipinski definition) is 1. The Morgan fingerprint density at radius 3 is 2.74 bits per heavy atom. The van der Waals surface area contributed by atoms with Crippen LogP contribution in [-0.2, 0) is 6.54 Å². The minimum absolute atomic E-state index is 0.143. The highest BCUT2D eigenvalue weighted by Gasteiger charge is 2.03. The SMILES string of the molecule is CC(C)N(C)CCCCNCc1cc(Br)ccc1F. The van der Waals surface area contributed by atoms with Crippen molar-refractivity contribution in [3.05, 3.63) is 34.1 Å². The van der Waals surface area contributed by atoms with Crippen molar-refractivity contribution in [2.24, 2.45) is 0 Å². The smallest absolute Gasteiger partial charge is 0.127 e. The van der Waals surface area contributed by atoms with Gasteiger partial charge in [0.15, 0.2) is 0 Å². The van der Waals surface area contributed by atoms with E-state index in [1.165, 1.54) is 12.5 Å². The fraction of sp³-hybridized carbons (Fsp3) is 0.600. The molecule has 1 rings (SSSR count). The van der Waals surface area contributed by atoms with Gasteiger partial charge < -0.3 is 10.2 Å². The molecule has 1 aromatic carbocycles. The lowest BCUT2D eigenvalue weighted by Gasteiger charge is -2.20. The minimum atomic E-state index is -0.143. The molecular weight excluding hydrogens is 307 g/mol. The first-order valence-electron chi connectivity index (χ1n) is 6.85. The highest BCUT2D eigenvalue weighted by atomic mass is 79.9. The molecular formula is C15H24BrFN2. The fourth-order valence-corrected chi connectivity index (χ4v) is 2.18. The molecule has 0 aromatic heterocycles. The molecule has 0 saturated heterocycles. The number of benzene rings is 1.